The fourth-order valence-electron chi connectivity index (χ4n) is 3.47. The Hall–Kier alpha value is -3.68. The molecule has 2 aromatic carbocycles. The van der Waals surface area contributed by atoms with E-state index in [0.717, 1.165) is 6.07 Å². The largest absolute Gasteiger partial charge is 0.494 e. The number of aromatic nitrogens is 3. The van der Waals surface area contributed by atoms with E-state index in [0.29, 0.717) is 45.0 Å². The first-order valence-electron chi connectivity index (χ1n) is 9.48. The van der Waals surface area contributed by atoms with Crippen LogP contribution in [0.2, 0.25) is 0 Å². The molecule has 0 spiro atoms. The number of pyridine rings is 1. The first-order valence-corrected chi connectivity index (χ1v) is 9.48. The summed E-state index contributed by atoms with van der Waals surface area (Å²) in [6.45, 7) is 1.63. The minimum Gasteiger partial charge on any atom is -0.494 e. The first-order chi connectivity index (χ1) is 14.8. The van der Waals surface area contributed by atoms with Crippen molar-refractivity contribution in [3.05, 3.63) is 66.0 Å². The third kappa shape index (κ3) is 3.88. The molecule has 0 aliphatic rings. The smallest absolute Gasteiger partial charge is 0.417 e. The second kappa shape index (κ2) is 7.86. The van der Waals surface area contributed by atoms with E-state index in [9.17, 15) is 13.2 Å². The third-order valence-corrected chi connectivity index (χ3v) is 4.93. The van der Waals surface area contributed by atoms with Crippen LogP contribution in [0.1, 0.15) is 11.1 Å². The first kappa shape index (κ1) is 20.6. The highest BCUT2D eigenvalue weighted by Gasteiger charge is 2.34. The summed E-state index contributed by atoms with van der Waals surface area (Å²) in [7, 11) is 3.16. The zero-order valence-corrected chi connectivity index (χ0v) is 17.1. The van der Waals surface area contributed by atoms with Gasteiger partial charge in [0.2, 0.25) is 0 Å². The Labute approximate surface area is 177 Å². The molecule has 2 heterocycles. The summed E-state index contributed by atoms with van der Waals surface area (Å²) in [6.07, 6.45) is -1.20. The van der Waals surface area contributed by atoms with E-state index in [4.69, 9.17) is 4.74 Å². The quantitative estimate of drug-likeness (QED) is 0.453. The number of ether oxygens (including phenoxy) is 1. The molecule has 0 aliphatic carbocycles. The Morgan fingerprint density at radius 3 is 2.45 bits per heavy atom. The summed E-state index contributed by atoms with van der Waals surface area (Å²) >= 11 is 0. The molecule has 0 aliphatic heterocycles. The van der Waals surface area contributed by atoms with Crippen LogP contribution in [0.4, 0.5) is 19.0 Å². The summed E-state index contributed by atoms with van der Waals surface area (Å²) < 4.78 is 46.7. The van der Waals surface area contributed by atoms with Crippen molar-refractivity contribution in [2.45, 2.75) is 13.1 Å². The number of aryl methyl sites for hydroxylation is 1. The molecular weight excluding hydrogens is 405 g/mol. The molecule has 0 fully saturated rings. The third-order valence-electron chi connectivity index (χ3n) is 4.93. The minimum absolute atomic E-state index is 0.0664. The highest BCUT2D eigenvalue weighted by molar-refractivity contribution is 5.98. The monoisotopic (exact) mass is 424 g/mol. The molecule has 2 aromatic heterocycles. The highest BCUT2D eigenvalue weighted by Crippen LogP contribution is 2.41. The lowest BCUT2D eigenvalue weighted by Gasteiger charge is -2.17. The van der Waals surface area contributed by atoms with Crippen LogP contribution in [0.5, 0.6) is 5.75 Å². The predicted octanol–water partition coefficient (Wildman–Crippen LogP) is 5.74. The lowest BCUT2D eigenvalue weighted by atomic mass is 9.96. The van der Waals surface area contributed by atoms with Gasteiger partial charge in [-0.05, 0) is 48.4 Å². The molecule has 0 bridgehead atoms. The normalized spacial score (nSPS) is 11.5. The number of nitrogens with zero attached hydrogens (tertiary/aromatic N) is 3. The van der Waals surface area contributed by atoms with Crippen molar-refractivity contribution in [1.82, 2.24) is 15.0 Å². The summed E-state index contributed by atoms with van der Waals surface area (Å²) in [4.78, 5) is 13.2. The molecule has 5 nitrogen and oxygen atoms in total. The molecule has 0 radical (unpaired) electrons. The zero-order chi connectivity index (χ0) is 22.2. The highest BCUT2D eigenvalue weighted by atomic mass is 19.4. The summed E-state index contributed by atoms with van der Waals surface area (Å²) in [5.41, 5.74) is 1.47. The van der Waals surface area contributed by atoms with Gasteiger partial charge >= 0.3 is 6.18 Å². The maximum atomic E-state index is 13.7. The Bertz CT molecular complexity index is 1260. The van der Waals surface area contributed by atoms with Gasteiger partial charge in [-0.15, -0.1) is 0 Å². The second-order valence-electron chi connectivity index (χ2n) is 7.01. The van der Waals surface area contributed by atoms with Crippen LogP contribution in [0.3, 0.4) is 0 Å². The van der Waals surface area contributed by atoms with Crippen LogP contribution in [0.25, 0.3) is 33.4 Å². The Kier molecular flexibility index (Phi) is 5.22. The van der Waals surface area contributed by atoms with Crippen LogP contribution in [-0.4, -0.2) is 29.1 Å². The molecule has 0 saturated heterocycles. The number of nitrogens with one attached hydrogen (secondary N) is 1. The average molecular weight is 424 g/mol. The SMILES string of the molecule is CNc1nc(-c2cccnc2)nc2c(OC)cc(-c3ccc(C)cc3C(F)(F)F)cc12. The number of hydrogen-bond acceptors (Lipinski definition) is 5. The van der Waals surface area contributed by atoms with Crippen LogP contribution in [0.15, 0.2) is 54.9 Å². The fourth-order valence-corrected chi connectivity index (χ4v) is 3.47. The number of methoxy groups -OCH3 is 1. The molecule has 31 heavy (non-hydrogen) atoms. The zero-order valence-electron chi connectivity index (χ0n) is 17.1. The predicted molar refractivity (Wildman–Crippen MR) is 114 cm³/mol. The van der Waals surface area contributed by atoms with Gasteiger partial charge in [0.25, 0.3) is 0 Å². The molecule has 0 saturated carbocycles. The van der Waals surface area contributed by atoms with Gasteiger partial charge in [0.05, 0.1) is 12.7 Å². The number of alkyl halides is 3. The number of anilines is 1. The number of rotatable bonds is 4. The van der Waals surface area contributed by atoms with E-state index < -0.39 is 11.7 Å². The molecule has 1 N–H and O–H groups in total. The summed E-state index contributed by atoms with van der Waals surface area (Å²) in [5, 5.41) is 3.57. The van der Waals surface area contributed by atoms with Crippen molar-refractivity contribution in [3.63, 3.8) is 0 Å². The standard InChI is InChI=1S/C23H19F3N4O/c1-13-6-7-16(18(9-13)23(24,25)26)15-10-17-20(19(11-15)31-3)29-21(30-22(17)27-2)14-5-4-8-28-12-14/h4-12H,1-3H3,(H,27,29,30). The number of benzene rings is 2. The van der Waals surface area contributed by atoms with E-state index in [1.54, 1.807) is 50.6 Å². The van der Waals surface area contributed by atoms with Crippen LogP contribution in [-0.2, 0) is 6.18 Å². The number of halogens is 3. The van der Waals surface area contributed by atoms with Crippen molar-refractivity contribution in [2.24, 2.45) is 0 Å². The molecule has 0 unspecified atom stereocenters. The minimum atomic E-state index is -4.49. The molecule has 158 valence electrons. The van der Waals surface area contributed by atoms with Crippen molar-refractivity contribution in [1.29, 1.82) is 0 Å². The average Bonchev–Trinajstić information content (AvgIpc) is 2.77. The van der Waals surface area contributed by atoms with Gasteiger partial charge in [-0.25, -0.2) is 9.97 Å². The van der Waals surface area contributed by atoms with Gasteiger partial charge in [-0.3, -0.25) is 4.98 Å². The number of hydrogen-bond donors (Lipinski definition) is 1. The van der Waals surface area contributed by atoms with Crippen LogP contribution >= 0.6 is 0 Å². The maximum absolute atomic E-state index is 13.7. The summed E-state index contributed by atoms with van der Waals surface area (Å²) in [6, 6.07) is 11.1. The van der Waals surface area contributed by atoms with Gasteiger partial charge in [-0.2, -0.15) is 13.2 Å². The molecular formula is C23H19F3N4O. The lowest BCUT2D eigenvalue weighted by molar-refractivity contribution is -0.137. The lowest BCUT2D eigenvalue weighted by Crippen LogP contribution is -2.08. The van der Waals surface area contributed by atoms with E-state index >= 15 is 0 Å². The van der Waals surface area contributed by atoms with E-state index in [1.807, 2.05) is 6.07 Å². The van der Waals surface area contributed by atoms with Crippen LogP contribution < -0.4 is 10.1 Å². The fraction of sp³-hybridized carbons (Fsp3) is 0.174. The number of fused-ring (bicyclic) bond motifs is 1. The van der Waals surface area contributed by atoms with Crippen molar-refractivity contribution >= 4 is 16.7 Å². The Morgan fingerprint density at radius 2 is 1.81 bits per heavy atom. The topological polar surface area (TPSA) is 59.9 Å². The van der Waals surface area contributed by atoms with Crippen molar-refractivity contribution in [2.75, 3.05) is 19.5 Å². The summed E-state index contributed by atoms with van der Waals surface area (Å²) in [5.74, 6) is 1.26. The van der Waals surface area contributed by atoms with E-state index in [-0.39, 0.29) is 5.56 Å². The van der Waals surface area contributed by atoms with Gasteiger partial charge in [0, 0.05) is 30.4 Å². The Balaban J connectivity index is 2.00. The van der Waals surface area contributed by atoms with Crippen molar-refractivity contribution < 1.29 is 17.9 Å². The van der Waals surface area contributed by atoms with Gasteiger partial charge in [-0.1, -0.05) is 17.7 Å². The van der Waals surface area contributed by atoms with Gasteiger partial charge in [0.1, 0.15) is 17.1 Å². The molecule has 0 atom stereocenters. The molecule has 8 heteroatoms. The second-order valence-corrected chi connectivity index (χ2v) is 7.01. The maximum Gasteiger partial charge on any atom is 0.417 e. The molecule has 0 amide bonds. The molecule has 4 aromatic rings. The van der Waals surface area contributed by atoms with Gasteiger partial charge in [0.15, 0.2) is 5.82 Å². The van der Waals surface area contributed by atoms with Crippen LogP contribution in [0, 0.1) is 6.92 Å². The van der Waals surface area contributed by atoms with Crippen molar-refractivity contribution in [3.8, 4) is 28.3 Å². The van der Waals surface area contributed by atoms with E-state index in [2.05, 4.69) is 20.3 Å². The Morgan fingerprint density at radius 1 is 1.00 bits per heavy atom. The van der Waals surface area contributed by atoms with E-state index in [1.165, 1.54) is 13.2 Å². The van der Waals surface area contributed by atoms with Gasteiger partial charge < -0.3 is 10.1 Å². The molecule has 4 rings (SSSR count).